The Balaban J connectivity index is 1.30. The van der Waals surface area contributed by atoms with Gasteiger partial charge in [-0.3, -0.25) is 0 Å². The molecule has 1 aliphatic heterocycles. The van der Waals surface area contributed by atoms with E-state index in [0.29, 0.717) is 0 Å². The molecule has 80 valence electrons. The van der Waals surface area contributed by atoms with E-state index in [1.54, 1.807) is 0 Å². The first-order chi connectivity index (χ1) is 7.37. The molecule has 2 spiro atoms. The molecule has 3 saturated carbocycles. The van der Waals surface area contributed by atoms with Crippen molar-refractivity contribution in [2.24, 2.45) is 21.7 Å². The first-order valence-electron chi connectivity index (χ1n) is 6.21. The summed E-state index contributed by atoms with van der Waals surface area (Å²) in [5.41, 5.74) is 1.67. The minimum atomic E-state index is 0.812. The lowest BCUT2D eigenvalue weighted by molar-refractivity contribution is 0.285. The smallest absolute Gasteiger partial charge is 0.208 e. The average Bonchev–Trinajstić information content (AvgIpc) is 3.18. The molecule has 0 aromatic heterocycles. The lowest BCUT2D eigenvalue weighted by Gasteiger charge is -2.03. The van der Waals surface area contributed by atoms with Crippen LogP contribution in [0.2, 0.25) is 0 Å². The molecule has 2 heteroatoms. The number of rotatable bonds is 3. The van der Waals surface area contributed by atoms with Crippen molar-refractivity contribution < 1.29 is 4.74 Å². The Morgan fingerprint density at radius 2 is 2.00 bits per heavy atom. The van der Waals surface area contributed by atoms with Gasteiger partial charge >= 0.3 is 0 Å². The molecule has 4 aliphatic rings. The molecular formula is C13H17NO. The van der Waals surface area contributed by atoms with Gasteiger partial charge in [0.1, 0.15) is 0 Å². The molecule has 1 heterocycles. The van der Waals surface area contributed by atoms with E-state index in [9.17, 15) is 0 Å². The van der Waals surface area contributed by atoms with Crippen LogP contribution in [0.25, 0.3) is 0 Å². The minimum absolute atomic E-state index is 0.812. The SMILES string of the molecule is C1=CC(OCCC2C3(CC3)C23CC3)=NC1. The Hall–Kier alpha value is -0.790. The second-order valence-corrected chi connectivity index (χ2v) is 5.58. The Labute approximate surface area is 90.4 Å². The summed E-state index contributed by atoms with van der Waals surface area (Å²) in [6.07, 6.45) is 11.4. The van der Waals surface area contributed by atoms with Crippen molar-refractivity contribution in [1.29, 1.82) is 0 Å². The fraction of sp³-hybridized carbons (Fsp3) is 0.769. The molecule has 3 fully saturated rings. The summed E-state index contributed by atoms with van der Waals surface area (Å²) in [7, 11) is 0. The number of fused-ring (bicyclic) bond motifs is 1. The molecule has 4 rings (SSSR count). The topological polar surface area (TPSA) is 21.6 Å². The molecule has 15 heavy (non-hydrogen) atoms. The maximum absolute atomic E-state index is 5.66. The second kappa shape index (κ2) is 2.47. The summed E-state index contributed by atoms with van der Waals surface area (Å²) in [6.45, 7) is 1.70. The van der Waals surface area contributed by atoms with E-state index in [-0.39, 0.29) is 0 Å². The molecule has 0 aromatic rings. The lowest BCUT2D eigenvalue weighted by atomic mass is 10.2. The van der Waals surface area contributed by atoms with Crippen molar-refractivity contribution in [3.05, 3.63) is 12.2 Å². The fourth-order valence-electron chi connectivity index (χ4n) is 4.08. The van der Waals surface area contributed by atoms with Crippen LogP contribution < -0.4 is 0 Å². The third kappa shape index (κ3) is 0.977. The van der Waals surface area contributed by atoms with Crippen LogP contribution in [0.5, 0.6) is 0 Å². The van der Waals surface area contributed by atoms with E-state index in [1.807, 2.05) is 6.08 Å². The highest BCUT2D eigenvalue weighted by atomic mass is 16.5. The highest BCUT2D eigenvalue weighted by molar-refractivity contribution is 5.89. The average molecular weight is 203 g/mol. The predicted molar refractivity (Wildman–Crippen MR) is 58.8 cm³/mol. The molecule has 2 nitrogen and oxygen atoms in total. The number of ether oxygens (including phenoxy) is 1. The zero-order valence-corrected chi connectivity index (χ0v) is 9.04. The molecular weight excluding hydrogens is 186 g/mol. The third-order valence-electron chi connectivity index (χ3n) is 5.09. The van der Waals surface area contributed by atoms with Gasteiger partial charge in [-0.15, -0.1) is 0 Å². The minimum Gasteiger partial charge on any atom is -0.478 e. The van der Waals surface area contributed by atoms with Crippen molar-refractivity contribution in [2.45, 2.75) is 32.1 Å². The Bertz CT molecular complexity index is 343. The highest BCUT2D eigenvalue weighted by Gasteiger charge is 2.85. The van der Waals surface area contributed by atoms with Gasteiger partial charge in [-0.05, 0) is 54.9 Å². The first kappa shape index (κ1) is 8.37. The van der Waals surface area contributed by atoms with Crippen LogP contribution in [0.4, 0.5) is 0 Å². The second-order valence-electron chi connectivity index (χ2n) is 5.58. The Morgan fingerprint density at radius 3 is 2.53 bits per heavy atom. The van der Waals surface area contributed by atoms with Crippen molar-refractivity contribution in [3.63, 3.8) is 0 Å². The van der Waals surface area contributed by atoms with Crippen LogP contribution in [0.3, 0.4) is 0 Å². The van der Waals surface area contributed by atoms with Crippen molar-refractivity contribution in [1.82, 2.24) is 0 Å². The van der Waals surface area contributed by atoms with Gasteiger partial charge in [0.2, 0.25) is 5.90 Å². The van der Waals surface area contributed by atoms with Crippen LogP contribution >= 0.6 is 0 Å². The lowest BCUT2D eigenvalue weighted by Crippen LogP contribution is -2.02. The quantitative estimate of drug-likeness (QED) is 0.690. The van der Waals surface area contributed by atoms with Crippen molar-refractivity contribution in [3.8, 4) is 0 Å². The van der Waals surface area contributed by atoms with Crippen LogP contribution in [-0.4, -0.2) is 19.0 Å². The van der Waals surface area contributed by atoms with Gasteiger partial charge in [-0.25, -0.2) is 4.99 Å². The molecule has 0 unspecified atom stereocenters. The first-order valence-corrected chi connectivity index (χ1v) is 6.21. The van der Waals surface area contributed by atoms with Gasteiger partial charge in [0.15, 0.2) is 0 Å². The summed E-state index contributed by atoms with van der Waals surface area (Å²) in [5.74, 6) is 1.86. The van der Waals surface area contributed by atoms with E-state index in [1.165, 1.54) is 32.1 Å². The monoisotopic (exact) mass is 203 g/mol. The van der Waals surface area contributed by atoms with Gasteiger partial charge in [0.25, 0.3) is 0 Å². The maximum Gasteiger partial charge on any atom is 0.208 e. The third-order valence-corrected chi connectivity index (χ3v) is 5.09. The van der Waals surface area contributed by atoms with Crippen molar-refractivity contribution in [2.75, 3.05) is 13.2 Å². The van der Waals surface area contributed by atoms with Crippen LogP contribution in [0.15, 0.2) is 17.1 Å². The summed E-state index contributed by atoms with van der Waals surface area (Å²) < 4.78 is 5.66. The van der Waals surface area contributed by atoms with E-state index < -0.39 is 0 Å². The normalized spacial score (nSPS) is 32.1. The number of hydrogen-bond acceptors (Lipinski definition) is 2. The fourth-order valence-corrected chi connectivity index (χ4v) is 4.08. The van der Waals surface area contributed by atoms with E-state index in [0.717, 1.165) is 35.8 Å². The van der Waals surface area contributed by atoms with Gasteiger partial charge in [-0.2, -0.15) is 0 Å². The zero-order valence-electron chi connectivity index (χ0n) is 9.04. The standard InChI is InChI=1S/C13H17NO/c1-2-11(14-8-1)15-9-3-10-12(4-5-12)13(10)6-7-13/h1-2,10H,3-9H2. The molecule has 0 atom stereocenters. The predicted octanol–water partition coefficient (Wildman–Crippen LogP) is 2.55. The van der Waals surface area contributed by atoms with E-state index in [4.69, 9.17) is 4.74 Å². The number of nitrogens with zero attached hydrogens (tertiary/aromatic N) is 1. The highest BCUT2D eigenvalue weighted by Crippen LogP contribution is 2.93. The zero-order chi connectivity index (χ0) is 9.93. The van der Waals surface area contributed by atoms with Crippen molar-refractivity contribution >= 4 is 5.90 Å². The Kier molecular flexibility index (Phi) is 1.38. The Morgan fingerprint density at radius 1 is 1.27 bits per heavy atom. The van der Waals surface area contributed by atoms with Crippen LogP contribution in [0.1, 0.15) is 32.1 Å². The van der Waals surface area contributed by atoms with Gasteiger partial charge < -0.3 is 4.74 Å². The summed E-state index contributed by atoms with van der Waals surface area (Å²) in [6, 6.07) is 0. The number of hydrogen-bond donors (Lipinski definition) is 0. The molecule has 0 radical (unpaired) electrons. The number of aliphatic imine (C=N–C) groups is 1. The van der Waals surface area contributed by atoms with E-state index >= 15 is 0 Å². The molecule has 0 amide bonds. The summed E-state index contributed by atoms with van der Waals surface area (Å²) >= 11 is 0. The van der Waals surface area contributed by atoms with E-state index in [2.05, 4.69) is 11.1 Å². The van der Waals surface area contributed by atoms with Gasteiger partial charge in [0, 0.05) is 0 Å². The van der Waals surface area contributed by atoms with Crippen LogP contribution in [0, 0.1) is 16.7 Å². The molecule has 0 aromatic carbocycles. The molecule has 3 aliphatic carbocycles. The van der Waals surface area contributed by atoms with Gasteiger partial charge in [-0.1, -0.05) is 6.08 Å². The summed E-state index contributed by atoms with van der Waals surface area (Å²) in [5, 5.41) is 0. The molecule has 0 saturated heterocycles. The maximum atomic E-state index is 5.66. The molecule has 0 bridgehead atoms. The largest absolute Gasteiger partial charge is 0.478 e. The summed E-state index contributed by atoms with van der Waals surface area (Å²) in [4.78, 5) is 4.24. The van der Waals surface area contributed by atoms with Gasteiger partial charge in [0.05, 0.1) is 13.2 Å². The van der Waals surface area contributed by atoms with Crippen LogP contribution in [-0.2, 0) is 4.74 Å². The molecule has 0 N–H and O–H groups in total.